The molecule has 0 atom stereocenters. The fourth-order valence-electron chi connectivity index (χ4n) is 3.53. The molecule has 2 aromatic carbocycles. The van der Waals surface area contributed by atoms with E-state index in [9.17, 15) is 9.59 Å². The van der Waals surface area contributed by atoms with Gasteiger partial charge in [-0.25, -0.2) is 4.79 Å². The highest BCUT2D eigenvalue weighted by Crippen LogP contribution is 2.30. The van der Waals surface area contributed by atoms with Gasteiger partial charge in [0.2, 0.25) is 0 Å². The van der Waals surface area contributed by atoms with Gasteiger partial charge in [0.25, 0.3) is 5.91 Å². The number of anilines is 2. The SMILES string of the molecule is CNC(=O)Nc1cccc(NC(=O)c2c3c(nc4ccccc24)CCC3)c1. The number of fused-ring (bicyclic) bond motifs is 2. The molecule has 0 bridgehead atoms. The highest BCUT2D eigenvalue weighted by molar-refractivity contribution is 6.14. The second-order valence-electron chi connectivity index (χ2n) is 6.52. The third-order valence-electron chi connectivity index (χ3n) is 4.75. The summed E-state index contributed by atoms with van der Waals surface area (Å²) in [5.74, 6) is -0.149. The van der Waals surface area contributed by atoms with Gasteiger partial charge in [-0.2, -0.15) is 0 Å². The van der Waals surface area contributed by atoms with Gasteiger partial charge in [0.05, 0.1) is 11.1 Å². The highest BCUT2D eigenvalue weighted by Gasteiger charge is 2.23. The molecule has 27 heavy (non-hydrogen) atoms. The smallest absolute Gasteiger partial charge is 0.318 e. The maximum absolute atomic E-state index is 13.1. The third-order valence-corrected chi connectivity index (χ3v) is 4.75. The average molecular weight is 360 g/mol. The van der Waals surface area contributed by atoms with Crippen molar-refractivity contribution >= 4 is 34.2 Å². The van der Waals surface area contributed by atoms with E-state index in [-0.39, 0.29) is 11.9 Å². The second kappa shape index (κ2) is 7.07. The number of aryl methyl sites for hydroxylation is 1. The molecule has 0 spiro atoms. The molecule has 0 aliphatic heterocycles. The van der Waals surface area contributed by atoms with Gasteiger partial charge in [-0.3, -0.25) is 9.78 Å². The Morgan fingerprint density at radius 1 is 0.963 bits per heavy atom. The monoisotopic (exact) mass is 360 g/mol. The third kappa shape index (κ3) is 3.33. The highest BCUT2D eigenvalue weighted by atomic mass is 16.2. The lowest BCUT2D eigenvalue weighted by Crippen LogP contribution is -2.24. The van der Waals surface area contributed by atoms with Gasteiger partial charge in [-0.05, 0) is 49.1 Å². The number of urea groups is 1. The minimum atomic E-state index is -0.309. The van der Waals surface area contributed by atoms with Crippen LogP contribution in [-0.2, 0) is 12.8 Å². The number of nitrogens with one attached hydrogen (secondary N) is 3. The van der Waals surface area contributed by atoms with Crippen molar-refractivity contribution in [2.75, 3.05) is 17.7 Å². The summed E-state index contributed by atoms with van der Waals surface area (Å²) >= 11 is 0. The van der Waals surface area contributed by atoms with Crippen LogP contribution in [0.5, 0.6) is 0 Å². The van der Waals surface area contributed by atoms with E-state index >= 15 is 0 Å². The van der Waals surface area contributed by atoms with Crippen LogP contribution in [0.3, 0.4) is 0 Å². The van der Waals surface area contributed by atoms with Crippen LogP contribution in [0.4, 0.5) is 16.2 Å². The molecular formula is C21H20N4O2. The summed E-state index contributed by atoms with van der Waals surface area (Å²) in [6, 6.07) is 14.5. The Morgan fingerprint density at radius 2 is 1.74 bits per heavy atom. The maximum Gasteiger partial charge on any atom is 0.318 e. The number of hydrogen-bond acceptors (Lipinski definition) is 3. The van der Waals surface area contributed by atoms with Crippen molar-refractivity contribution < 1.29 is 9.59 Å². The molecule has 0 saturated carbocycles. The van der Waals surface area contributed by atoms with Crippen LogP contribution >= 0.6 is 0 Å². The fraction of sp³-hybridized carbons (Fsp3) is 0.190. The van der Waals surface area contributed by atoms with Crippen molar-refractivity contribution in [3.05, 3.63) is 65.4 Å². The molecule has 3 aromatic rings. The van der Waals surface area contributed by atoms with E-state index in [1.54, 1.807) is 31.3 Å². The van der Waals surface area contributed by atoms with Gasteiger partial charge in [0.1, 0.15) is 0 Å². The first-order valence-corrected chi connectivity index (χ1v) is 8.96. The van der Waals surface area contributed by atoms with Crippen molar-refractivity contribution in [3.8, 4) is 0 Å². The molecule has 0 radical (unpaired) electrons. The zero-order chi connectivity index (χ0) is 18.8. The van der Waals surface area contributed by atoms with Crippen molar-refractivity contribution in [1.29, 1.82) is 0 Å². The van der Waals surface area contributed by atoms with Crippen LogP contribution in [0.25, 0.3) is 10.9 Å². The van der Waals surface area contributed by atoms with Crippen molar-refractivity contribution in [3.63, 3.8) is 0 Å². The van der Waals surface area contributed by atoms with E-state index in [2.05, 4.69) is 16.0 Å². The molecule has 3 N–H and O–H groups in total. The minimum Gasteiger partial charge on any atom is -0.341 e. The first-order valence-electron chi connectivity index (χ1n) is 8.96. The fourth-order valence-corrected chi connectivity index (χ4v) is 3.53. The number of amides is 3. The van der Waals surface area contributed by atoms with E-state index < -0.39 is 0 Å². The number of para-hydroxylation sites is 1. The minimum absolute atomic E-state index is 0.149. The Kier molecular flexibility index (Phi) is 4.46. The molecule has 0 fully saturated rings. The van der Waals surface area contributed by atoms with Crippen LogP contribution < -0.4 is 16.0 Å². The molecule has 0 unspecified atom stereocenters. The largest absolute Gasteiger partial charge is 0.341 e. The molecule has 1 heterocycles. The zero-order valence-electron chi connectivity index (χ0n) is 15.0. The Hall–Kier alpha value is -3.41. The molecule has 6 nitrogen and oxygen atoms in total. The van der Waals surface area contributed by atoms with Crippen LogP contribution in [0, 0.1) is 0 Å². The Balaban J connectivity index is 1.68. The van der Waals surface area contributed by atoms with Crippen LogP contribution in [0.2, 0.25) is 0 Å². The van der Waals surface area contributed by atoms with Crippen molar-refractivity contribution in [2.24, 2.45) is 0 Å². The van der Waals surface area contributed by atoms with Crippen LogP contribution in [0.15, 0.2) is 48.5 Å². The number of carbonyl (C=O) groups excluding carboxylic acids is 2. The molecule has 1 aliphatic carbocycles. The summed E-state index contributed by atoms with van der Waals surface area (Å²) in [7, 11) is 1.55. The summed E-state index contributed by atoms with van der Waals surface area (Å²) in [6.07, 6.45) is 2.80. The number of nitrogens with zero attached hydrogens (tertiary/aromatic N) is 1. The normalized spacial score (nSPS) is 12.5. The molecule has 1 aromatic heterocycles. The van der Waals surface area contributed by atoms with E-state index in [0.717, 1.165) is 41.4 Å². The van der Waals surface area contributed by atoms with Gasteiger partial charge >= 0.3 is 6.03 Å². The summed E-state index contributed by atoms with van der Waals surface area (Å²) in [4.78, 5) is 29.4. The standard InChI is InChI=1S/C21H20N4O2/c1-22-21(27)24-14-7-4-6-13(12-14)23-20(26)19-15-8-2-3-10-17(15)25-18-11-5-9-16(18)19/h2-4,6-8,10,12H,5,9,11H2,1H3,(H,23,26)(H2,22,24,27). The summed E-state index contributed by atoms with van der Waals surface area (Å²) in [5, 5.41) is 9.05. The molecule has 0 saturated heterocycles. The molecular weight excluding hydrogens is 340 g/mol. The Bertz CT molecular complexity index is 1050. The van der Waals surface area contributed by atoms with E-state index in [1.807, 2.05) is 24.3 Å². The molecule has 4 rings (SSSR count). The van der Waals surface area contributed by atoms with Gasteiger partial charge in [-0.15, -0.1) is 0 Å². The van der Waals surface area contributed by atoms with Crippen molar-refractivity contribution in [1.82, 2.24) is 10.3 Å². The number of benzene rings is 2. The zero-order valence-corrected chi connectivity index (χ0v) is 15.0. The van der Waals surface area contributed by atoms with E-state index in [0.29, 0.717) is 16.9 Å². The Labute approximate surface area is 157 Å². The Morgan fingerprint density at radius 3 is 2.56 bits per heavy atom. The lowest BCUT2D eigenvalue weighted by atomic mass is 10.0. The van der Waals surface area contributed by atoms with E-state index in [4.69, 9.17) is 4.98 Å². The van der Waals surface area contributed by atoms with Gasteiger partial charge < -0.3 is 16.0 Å². The number of pyridine rings is 1. The predicted molar refractivity (Wildman–Crippen MR) is 106 cm³/mol. The van der Waals surface area contributed by atoms with Crippen LogP contribution in [-0.4, -0.2) is 24.0 Å². The quantitative estimate of drug-likeness (QED) is 0.665. The van der Waals surface area contributed by atoms with Gasteiger partial charge in [-0.1, -0.05) is 24.3 Å². The van der Waals surface area contributed by atoms with Crippen molar-refractivity contribution in [2.45, 2.75) is 19.3 Å². The average Bonchev–Trinajstić information content (AvgIpc) is 3.14. The number of aromatic nitrogens is 1. The maximum atomic E-state index is 13.1. The molecule has 6 heteroatoms. The summed E-state index contributed by atoms with van der Waals surface area (Å²) in [6.45, 7) is 0. The van der Waals surface area contributed by atoms with Gasteiger partial charge in [0.15, 0.2) is 0 Å². The lowest BCUT2D eigenvalue weighted by molar-refractivity contribution is 0.102. The lowest BCUT2D eigenvalue weighted by Gasteiger charge is -2.13. The number of hydrogen-bond donors (Lipinski definition) is 3. The van der Waals surface area contributed by atoms with Gasteiger partial charge in [0, 0.05) is 29.5 Å². The topological polar surface area (TPSA) is 83.1 Å². The predicted octanol–water partition coefficient (Wildman–Crippen LogP) is 3.73. The second-order valence-corrected chi connectivity index (χ2v) is 6.52. The first kappa shape index (κ1) is 17.0. The molecule has 1 aliphatic rings. The first-order chi connectivity index (χ1) is 13.2. The summed E-state index contributed by atoms with van der Waals surface area (Å²) in [5.41, 5.74) is 4.86. The summed E-state index contributed by atoms with van der Waals surface area (Å²) < 4.78 is 0. The molecule has 136 valence electrons. The number of carbonyl (C=O) groups is 2. The van der Waals surface area contributed by atoms with E-state index in [1.165, 1.54) is 0 Å². The number of rotatable bonds is 3. The molecule has 3 amide bonds. The van der Waals surface area contributed by atoms with Crippen LogP contribution in [0.1, 0.15) is 28.0 Å².